The third kappa shape index (κ3) is 3.53. The number of rotatable bonds is 5. The summed E-state index contributed by atoms with van der Waals surface area (Å²) in [7, 11) is 0. The maximum Gasteiger partial charge on any atom is 0.306 e. The summed E-state index contributed by atoms with van der Waals surface area (Å²) >= 11 is 0. The maximum atomic E-state index is 11.2. The van der Waals surface area contributed by atoms with Crippen LogP contribution in [0, 0.1) is 11.8 Å². The summed E-state index contributed by atoms with van der Waals surface area (Å²) in [6.45, 7) is 2.48. The van der Waals surface area contributed by atoms with E-state index in [0.29, 0.717) is 13.0 Å². The lowest BCUT2D eigenvalue weighted by molar-refractivity contribution is -0.143. The van der Waals surface area contributed by atoms with E-state index >= 15 is 0 Å². The second-order valence-corrected chi connectivity index (χ2v) is 4.19. The van der Waals surface area contributed by atoms with Gasteiger partial charge in [0.05, 0.1) is 5.92 Å². The van der Waals surface area contributed by atoms with Crippen LogP contribution in [0.5, 0.6) is 0 Å². The average molecular weight is 213 g/mol. The van der Waals surface area contributed by atoms with Gasteiger partial charge in [-0.15, -0.1) is 0 Å². The van der Waals surface area contributed by atoms with E-state index in [-0.39, 0.29) is 17.7 Å². The van der Waals surface area contributed by atoms with Gasteiger partial charge in [-0.25, -0.2) is 0 Å². The predicted molar refractivity (Wildman–Crippen MR) is 56.4 cm³/mol. The molecule has 0 bridgehead atoms. The van der Waals surface area contributed by atoms with Crippen LogP contribution in [-0.4, -0.2) is 23.5 Å². The first-order chi connectivity index (χ1) is 7.15. The Balaban J connectivity index is 2.31. The molecule has 1 fully saturated rings. The Labute approximate surface area is 90.0 Å². The second-order valence-electron chi connectivity index (χ2n) is 4.19. The molecule has 1 aliphatic rings. The SMILES string of the molecule is CCCC(=O)NCC1CCCC1C(=O)O. The topological polar surface area (TPSA) is 66.4 Å². The molecule has 0 spiro atoms. The summed E-state index contributed by atoms with van der Waals surface area (Å²) in [6, 6.07) is 0. The molecule has 2 unspecified atom stereocenters. The van der Waals surface area contributed by atoms with E-state index in [9.17, 15) is 9.59 Å². The number of hydrogen-bond acceptors (Lipinski definition) is 2. The van der Waals surface area contributed by atoms with Crippen molar-refractivity contribution in [2.45, 2.75) is 39.0 Å². The van der Waals surface area contributed by atoms with E-state index in [4.69, 9.17) is 5.11 Å². The average Bonchev–Trinajstić information content (AvgIpc) is 2.63. The van der Waals surface area contributed by atoms with Gasteiger partial charge in [0.15, 0.2) is 0 Å². The van der Waals surface area contributed by atoms with Crippen molar-refractivity contribution < 1.29 is 14.7 Å². The van der Waals surface area contributed by atoms with Crippen LogP contribution in [0.4, 0.5) is 0 Å². The van der Waals surface area contributed by atoms with E-state index in [1.54, 1.807) is 0 Å². The normalized spacial score (nSPS) is 25.1. The Hall–Kier alpha value is -1.06. The van der Waals surface area contributed by atoms with E-state index < -0.39 is 5.97 Å². The number of carboxylic acid groups (broad SMARTS) is 1. The molecule has 0 aromatic heterocycles. The minimum absolute atomic E-state index is 0.0357. The minimum atomic E-state index is -0.720. The molecule has 0 aromatic rings. The molecule has 1 rings (SSSR count). The summed E-state index contributed by atoms with van der Waals surface area (Å²) in [6.07, 6.45) is 4.00. The van der Waals surface area contributed by atoms with E-state index in [2.05, 4.69) is 5.32 Å². The Bertz CT molecular complexity index is 240. The molecule has 4 heteroatoms. The van der Waals surface area contributed by atoms with Gasteiger partial charge in [0, 0.05) is 13.0 Å². The fourth-order valence-corrected chi connectivity index (χ4v) is 2.17. The number of nitrogens with one attached hydrogen (secondary N) is 1. The lowest BCUT2D eigenvalue weighted by Gasteiger charge is -2.16. The van der Waals surface area contributed by atoms with Crippen molar-refractivity contribution in [3.05, 3.63) is 0 Å². The summed E-state index contributed by atoms with van der Waals surface area (Å²) in [5.74, 6) is -0.814. The Kier molecular flexibility index (Phi) is 4.59. The molecule has 1 saturated carbocycles. The molecule has 1 aliphatic carbocycles. The molecule has 0 saturated heterocycles. The summed E-state index contributed by atoms with van der Waals surface area (Å²) in [5, 5.41) is 11.7. The maximum absolute atomic E-state index is 11.2. The van der Waals surface area contributed by atoms with Crippen molar-refractivity contribution in [2.75, 3.05) is 6.54 Å². The molecular formula is C11H19NO3. The zero-order valence-electron chi connectivity index (χ0n) is 9.16. The number of amides is 1. The number of aliphatic carboxylic acids is 1. The van der Waals surface area contributed by atoms with Gasteiger partial charge in [0.2, 0.25) is 5.91 Å². The van der Waals surface area contributed by atoms with Gasteiger partial charge >= 0.3 is 5.97 Å². The first-order valence-corrected chi connectivity index (χ1v) is 5.64. The summed E-state index contributed by atoms with van der Waals surface area (Å²) in [5.41, 5.74) is 0. The molecule has 2 atom stereocenters. The molecule has 2 N–H and O–H groups in total. The molecule has 86 valence electrons. The predicted octanol–water partition coefficient (Wildman–Crippen LogP) is 1.40. The van der Waals surface area contributed by atoms with Crippen LogP contribution in [0.3, 0.4) is 0 Å². The highest BCUT2D eigenvalue weighted by Gasteiger charge is 2.32. The van der Waals surface area contributed by atoms with Crippen molar-refractivity contribution in [1.29, 1.82) is 0 Å². The number of carbonyl (C=O) groups excluding carboxylic acids is 1. The monoisotopic (exact) mass is 213 g/mol. The van der Waals surface area contributed by atoms with Gasteiger partial charge in [0.25, 0.3) is 0 Å². The van der Waals surface area contributed by atoms with Crippen LogP contribution in [0.15, 0.2) is 0 Å². The number of carbonyl (C=O) groups is 2. The molecular weight excluding hydrogens is 194 g/mol. The third-order valence-corrected chi connectivity index (χ3v) is 3.01. The first-order valence-electron chi connectivity index (χ1n) is 5.64. The quantitative estimate of drug-likeness (QED) is 0.725. The first kappa shape index (κ1) is 12.0. The Morgan fingerprint density at radius 1 is 1.40 bits per heavy atom. The van der Waals surface area contributed by atoms with E-state index in [1.807, 2.05) is 6.92 Å². The zero-order chi connectivity index (χ0) is 11.3. The van der Waals surface area contributed by atoms with Crippen molar-refractivity contribution in [1.82, 2.24) is 5.32 Å². The van der Waals surface area contributed by atoms with Gasteiger partial charge in [-0.05, 0) is 25.2 Å². The Morgan fingerprint density at radius 2 is 2.13 bits per heavy atom. The van der Waals surface area contributed by atoms with Gasteiger partial charge in [0.1, 0.15) is 0 Å². The highest BCUT2D eigenvalue weighted by atomic mass is 16.4. The standard InChI is InChI=1S/C11H19NO3/c1-2-4-10(13)12-7-8-5-3-6-9(8)11(14)15/h8-9H,2-7H2,1H3,(H,12,13)(H,14,15). The van der Waals surface area contributed by atoms with Gasteiger partial charge in [-0.3, -0.25) is 9.59 Å². The fourth-order valence-electron chi connectivity index (χ4n) is 2.17. The lowest BCUT2D eigenvalue weighted by Crippen LogP contribution is -2.32. The molecule has 0 radical (unpaired) electrons. The van der Waals surface area contributed by atoms with Gasteiger partial charge < -0.3 is 10.4 Å². The van der Waals surface area contributed by atoms with E-state index in [1.165, 1.54) is 0 Å². The molecule has 0 aliphatic heterocycles. The van der Waals surface area contributed by atoms with Crippen LogP contribution in [0.2, 0.25) is 0 Å². The fraction of sp³-hybridized carbons (Fsp3) is 0.818. The molecule has 0 heterocycles. The van der Waals surface area contributed by atoms with E-state index in [0.717, 1.165) is 25.7 Å². The van der Waals surface area contributed by atoms with Crippen LogP contribution >= 0.6 is 0 Å². The smallest absolute Gasteiger partial charge is 0.306 e. The number of hydrogen-bond donors (Lipinski definition) is 2. The second kappa shape index (κ2) is 5.73. The van der Waals surface area contributed by atoms with Crippen LogP contribution < -0.4 is 5.32 Å². The molecule has 15 heavy (non-hydrogen) atoms. The van der Waals surface area contributed by atoms with Crippen LogP contribution in [-0.2, 0) is 9.59 Å². The molecule has 4 nitrogen and oxygen atoms in total. The summed E-state index contributed by atoms with van der Waals surface area (Å²) in [4.78, 5) is 22.1. The lowest BCUT2D eigenvalue weighted by atomic mass is 9.96. The van der Waals surface area contributed by atoms with Crippen molar-refractivity contribution in [2.24, 2.45) is 11.8 Å². The Morgan fingerprint density at radius 3 is 2.73 bits per heavy atom. The molecule has 1 amide bonds. The van der Waals surface area contributed by atoms with Crippen molar-refractivity contribution in [3.63, 3.8) is 0 Å². The number of carboxylic acids is 1. The zero-order valence-corrected chi connectivity index (χ0v) is 9.16. The highest BCUT2D eigenvalue weighted by molar-refractivity contribution is 5.76. The minimum Gasteiger partial charge on any atom is -0.481 e. The third-order valence-electron chi connectivity index (χ3n) is 3.01. The highest BCUT2D eigenvalue weighted by Crippen LogP contribution is 2.31. The van der Waals surface area contributed by atoms with Crippen LogP contribution in [0.25, 0.3) is 0 Å². The summed E-state index contributed by atoms with van der Waals surface area (Å²) < 4.78 is 0. The van der Waals surface area contributed by atoms with Gasteiger partial charge in [-0.1, -0.05) is 13.3 Å². The van der Waals surface area contributed by atoms with Crippen LogP contribution in [0.1, 0.15) is 39.0 Å². The van der Waals surface area contributed by atoms with Crippen molar-refractivity contribution in [3.8, 4) is 0 Å². The molecule has 0 aromatic carbocycles. The van der Waals surface area contributed by atoms with Gasteiger partial charge in [-0.2, -0.15) is 0 Å². The largest absolute Gasteiger partial charge is 0.481 e. The van der Waals surface area contributed by atoms with Crippen molar-refractivity contribution >= 4 is 11.9 Å².